The van der Waals surface area contributed by atoms with Crippen molar-refractivity contribution in [3.8, 4) is 0 Å². The van der Waals surface area contributed by atoms with E-state index in [1.807, 2.05) is 11.8 Å². The van der Waals surface area contributed by atoms with Crippen molar-refractivity contribution in [1.29, 1.82) is 0 Å². The molecule has 0 spiro atoms. The lowest BCUT2D eigenvalue weighted by Gasteiger charge is -2.07. The van der Waals surface area contributed by atoms with Crippen LogP contribution in [0.4, 0.5) is 0 Å². The Kier molecular flexibility index (Phi) is 1.37. The van der Waals surface area contributed by atoms with Crippen molar-refractivity contribution >= 4 is 11.8 Å². The zero-order chi connectivity index (χ0) is 4.41. The Morgan fingerprint density at radius 2 is 2.50 bits per heavy atom. The van der Waals surface area contributed by atoms with E-state index in [1.54, 1.807) is 0 Å². The van der Waals surface area contributed by atoms with E-state index in [-0.39, 0.29) is 0 Å². The number of nitrogens with one attached hydrogen (secondary N) is 1. The average Bonchev–Trinajstić information content (AvgIpc) is 1.86. The maximum atomic E-state index is 3.83. The first-order chi connectivity index (χ1) is 2.89. The molecule has 1 fully saturated rings. The number of hydrogen-bond acceptors (Lipinski definition) is 1. The van der Waals surface area contributed by atoms with Crippen LogP contribution >= 0.6 is 11.8 Å². The summed E-state index contributed by atoms with van der Waals surface area (Å²) in [5, 5.41) is 0. The van der Waals surface area contributed by atoms with Gasteiger partial charge in [-0.15, -0.1) is 7.05 Å². The van der Waals surface area contributed by atoms with Crippen molar-refractivity contribution in [3.63, 3.8) is 0 Å². The molecule has 0 aromatic heterocycles. The molecule has 1 heterocycles. The molecule has 6 heavy (non-hydrogen) atoms. The molecule has 0 bridgehead atoms. The summed E-state index contributed by atoms with van der Waals surface area (Å²) in [6.45, 7) is 1.25. The van der Waals surface area contributed by atoms with Gasteiger partial charge in [0.25, 0.3) is 0 Å². The third-order valence-electron chi connectivity index (χ3n) is 0.906. The highest BCUT2D eigenvalue weighted by molar-refractivity contribution is 7.99. The molecule has 1 unspecified atom stereocenters. The van der Waals surface area contributed by atoms with E-state index in [2.05, 4.69) is 7.05 Å². The minimum absolute atomic E-state index is 1.21. The molecule has 1 rings (SSSR count). The minimum Gasteiger partial charge on any atom is -0.459 e. The molecule has 1 saturated heterocycles. The highest BCUT2D eigenvalue weighted by Crippen LogP contribution is 1.95. The predicted molar refractivity (Wildman–Crippen MR) is 28.5 cm³/mol. The van der Waals surface area contributed by atoms with Gasteiger partial charge in [0, 0.05) is 5.75 Å². The van der Waals surface area contributed by atoms with Crippen molar-refractivity contribution in [3.05, 3.63) is 7.05 Å². The molecule has 1 aliphatic rings. The molecule has 1 atom stereocenters. The molecule has 0 aliphatic carbocycles. The Morgan fingerprint density at radius 1 is 1.67 bits per heavy atom. The quantitative estimate of drug-likeness (QED) is 0.400. The molecule has 1 N–H and O–H groups in total. The molecule has 0 radical (unpaired) electrons. The minimum atomic E-state index is 1.21. The third kappa shape index (κ3) is 0.884. The fourth-order valence-corrected chi connectivity index (χ4v) is 1.52. The van der Waals surface area contributed by atoms with Gasteiger partial charge in [-0.05, 0) is 0 Å². The van der Waals surface area contributed by atoms with Gasteiger partial charge in [0.2, 0.25) is 0 Å². The lowest BCUT2D eigenvalue weighted by molar-refractivity contribution is -0.831. The van der Waals surface area contributed by atoms with Crippen LogP contribution in [-0.4, -0.2) is 18.2 Å². The monoisotopic (exact) mass is 103 g/mol. The van der Waals surface area contributed by atoms with E-state index in [1.165, 1.54) is 23.1 Å². The summed E-state index contributed by atoms with van der Waals surface area (Å²) < 4.78 is 0. The lowest BCUT2D eigenvalue weighted by atomic mass is 10.7. The van der Waals surface area contributed by atoms with Gasteiger partial charge in [0.1, 0.15) is 0 Å². The smallest absolute Gasteiger partial charge is 0.1000 e. The van der Waals surface area contributed by atoms with Crippen LogP contribution < -0.4 is 4.90 Å². The van der Waals surface area contributed by atoms with Crippen LogP contribution in [0.1, 0.15) is 0 Å². The molecule has 1 aliphatic heterocycles. The molecule has 2 heteroatoms. The van der Waals surface area contributed by atoms with Crippen LogP contribution in [0.5, 0.6) is 0 Å². The first kappa shape index (κ1) is 4.47. The second-order valence-electron chi connectivity index (χ2n) is 1.55. The number of rotatable bonds is 0. The first-order valence-electron chi connectivity index (χ1n) is 2.14. The van der Waals surface area contributed by atoms with E-state index in [4.69, 9.17) is 0 Å². The number of hydrogen-bond donors (Lipinski definition) is 1. The number of quaternary nitrogens is 1. The van der Waals surface area contributed by atoms with Gasteiger partial charge in [0.15, 0.2) is 0 Å². The second kappa shape index (κ2) is 1.85. The maximum Gasteiger partial charge on any atom is 0.1000 e. The molecular weight excluding hydrogens is 94.1 g/mol. The Morgan fingerprint density at radius 3 is 2.67 bits per heavy atom. The lowest BCUT2D eigenvalue weighted by Crippen LogP contribution is -3.04. The topological polar surface area (TPSA) is 4.44 Å². The molecule has 0 amide bonds. The van der Waals surface area contributed by atoms with Crippen molar-refractivity contribution < 1.29 is 4.90 Å². The van der Waals surface area contributed by atoms with Gasteiger partial charge < -0.3 is 4.90 Å². The molecule has 0 aromatic rings. The largest absolute Gasteiger partial charge is 0.459 e. The summed E-state index contributed by atoms with van der Waals surface area (Å²) in [6, 6.07) is 0. The van der Waals surface area contributed by atoms with Crippen LogP contribution in [-0.2, 0) is 0 Å². The summed E-state index contributed by atoms with van der Waals surface area (Å²) in [5.74, 6) is 2.51. The summed E-state index contributed by atoms with van der Waals surface area (Å²) in [4.78, 5) is 1.42. The van der Waals surface area contributed by atoms with Crippen molar-refractivity contribution in [1.82, 2.24) is 0 Å². The second-order valence-corrected chi connectivity index (χ2v) is 2.66. The highest BCUT2D eigenvalue weighted by atomic mass is 32.2. The Balaban J connectivity index is 2.18. The van der Waals surface area contributed by atoms with Crippen molar-refractivity contribution in [2.75, 3.05) is 18.2 Å². The molecule has 0 saturated carbocycles. The van der Waals surface area contributed by atoms with E-state index < -0.39 is 0 Å². The zero-order valence-electron chi connectivity index (χ0n) is 3.74. The Hall–Kier alpha value is 0.310. The van der Waals surface area contributed by atoms with Crippen molar-refractivity contribution in [2.24, 2.45) is 0 Å². The van der Waals surface area contributed by atoms with Gasteiger partial charge in [-0.1, -0.05) is 11.8 Å². The van der Waals surface area contributed by atoms with Gasteiger partial charge in [-0.2, -0.15) is 0 Å². The van der Waals surface area contributed by atoms with Crippen LogP contribution in [0.25, 0.3) is 0 Å². The van der Waals surface area contributed by atoms with Crippen LogP contribution in [0, 0.1) is 7.05 Å². The normalized spacial score (nSPS) is 34.5. The molecule has 36 valence electrons. The third-order valence-corrected chi connectivity index (χ3v) is 2.01. The van der Waals surface area contributed by atoms with Gasteiger partial charge in [-0.3, -0.25) is 0 Å². The van der Waals surface area contributed by atoms with E-state index in [9.17, 15) is 0 Å². The highest BCUT2D eigenvalue weighted by Gasteiger charge is 2.03. The van der Waals surface area contributed by atoms with Gasteiger partial charge >= 0.3 is 0 Å². The Labute approximate surface area is 42.7 Å². The fourth-order valence-electron chi connectivity index (χ4n) is 0.505. The summed E-state index contributed by atoms with van der Waals surface area (Å²) in [6.07, 6.45) is 0. The molecular formula is C4H9NS. The van der Waals surface area contributed by atoms with Gasteiger partial charge in [0.05, 0.1) is 12.4 Å². The zero-order valence-corrected chi connectivity index (χ0v) is 4.55. The fraction of sp³-hybridized carbons (Fsp3) is 0.750. The number of thioether (sulfide) groups is 1. The summed E-state index contributed by atoms with van der Waals surface area (Å²) in [5.41, 5.74) is 0. The first-order valence-corrected chi connectivity index (χ1v) is 3.29. The van der Waals surface area contributed by atoms with E-state index in [0.717, 1.165) is 0 Å². The van der Waals surface area contributed by atoms with E-state index >= 15 is 0 Å². The summed E-state index contributed by atoms with van der Waals surface area (Å²) in [7, 11) is 3.83. The van der Waals surface area contributed by atoms with Crippen molar-refractivity contribution in [2.45, 2.75) is 0 Å². The predicted octanol–water partition coefficient (Wildman–Crippen LogP) is -0.633. The maximum absolute atomic E-state index is 3.83. The molecule has 1 nitrogen and oxygen atoms in total. The molecule has 0 aromatic carbocycles. The van der Waals surface area contributed by atoms with Crippen LogP contribution in [0.15, 0.2) is 0 Å². The standard InChI is InChI=1S/C4H9NS/c1-5-2-3-6-4-5/h5H,1-4H2. The Bertz CT molecular complexity index is 40.8. The SMILES string of the molecule is [CH2-][NH+]1CCSC1. The van der Waals surface area contributed by atoms with Crippen LogP contribution in [0.3, 0.4) is 0 Å². The van der Waals surface area contributed by atoms with Gasteiger partial charge in [-0.25, -0.2) is 0 Å². The van der Waals surface area contributed by atoms with E-state index in [0.29, 0.717) is 0 Å². The van der Waals surface area contributed by atoms with Crippen LogP contribution in [0.2, 0.25) is 0 Å². The average molecular weight is 103 g/mol. The summed E-state index contributed by atoms with van der Waals surface area (Å²) >= 11 is 1.98.